The molecule has 15 heteroatoms. The first-order valence-corrected chi connectivity index (χ1v) is 19.0. The maximum absolute atomic E-state index is 14.0. The Balaban J connectivity index is 1.01. The van der Waals surface area contributed by atoms with Gasteiger partial charge >= 0.3 is 12.2 Å². The summed E-state index contributed by atoms with van der Waals surface area (Å²) in [6.45, 7) is 4.26. The largest absolute Gasteiger partial charge is 0.508 e. The first-order valence-electron chi connectivity index (χ1n) is 19.0. The normalized spacial score (nSPS) is 18.2. The SMILES string of the molecule is COC(=O)N[C@@H](C)C(=O)N1CCC[C@H]1c1ncc(-c2ccc(-c3ccc(-c4cnc([C@@H]5CCCN5C(=O)[C@](C)(Cc5ccc(O)cc5)OC(N)=O)[nH]4)cc3)cc2)[nH]1. The number of imidazole rings is 2. The Hall–Kier alpha value is -6.64. The molecule has 0 spiro atoms. The van der Waals surface area contributed by atoms with E-state index in [1.165, 1.54) is 19.2 Å². The molecule has 2 aliphatic heterocycles. The van der Waals surface area contributed by atoms with Crippen LogP contribution in [0.4, 0.5) is 9.59 Å². The van der Waals surface area contributed by atoms with Crippen LogP contribution in [0.25, 0.3) is 33.6 Å². The molecule has 2 saturated heterocycles. The number of nitrogens with zero attached hydrogens (tertiary/aromatic N) is 4. The smallest absolute Gasteiger partial charge is 0.407 e. The fourth-order valence-electron chi connectivity index (χ4n) is 7.83. The Morgan fingerprint density at radius 3 is 1.82 bits per heavy atom. The lowest BCUT2D eigenvalue weighted by Crippen LogP contribution is -2.51. The number of phenolic OH excluding ortho intramolecular Hbond substituents is 1. The number of nitrogens with one attached hydrogen (secondary N) is 3. The molecule has 5 aromatic rings. The van der Waals surface area contributed by atoms with Gasteiger partial charge in [0.2, 0.25) is 5.91 Å². The third kappa shape index (κ3) is 8.32. The molecule has 0 bridgehead atoms. The fraction of sp³-hybridized carbons (Fsp3) is 0.333. The van der Waals surface area contributed by atoms with E-state index in [-0.39, 0.29) is 36.1 Å². The molecule has 6 N–H and O–H groups in total. The van der Waals surface area contributed by atoms with E-state index in [4.69, 9.17) is 10.5 Å². The van der Waals surface area contributed by atoms with E-state index in [9.17, 15) is 24.3 Å². The summed E-state index contributed by atoms with van der Waals surface area (Å²) in [7, 11) is 1.26. The molecule has 4 amide bonds. The number of phenols is 1. The van der Waals surface area contributed by atoms with E-state index in [0.29, 0.717) is 36.7 Å². The third-order valence-electron chi connectivity index (χ3n) is 10.7. The highest BCUT2D eigenvalue weighted by Gasteiger charge is 2.45. The van der Waals surface area contributed by atoms with Crippen molar-refractivity contribution in [3.05, 3.63) is 102 Å². The predicted octanol–water partition coefficient (Wildman–Crippen LogP) is 6.01. The Kier molecular flexibility index (Phi) is 11.0. The minimum Gasteiger partial charge on any atom is -0.508 e. The number of carbonyl (C=O) groups excluding carboxylic acids is 4. The summed E-state index contributed by atoms with van der Waals surface area (Å²) in [6.07, 6.45) is 4.98. The number of benzene rings is 3. The summed E-state index contributed by atoms with van der Waals surface area (Å²) in [5.74, 6) is 0.884. The summed E-state index contributed by atoms with van der Waals surface area (Å²) >= 11 is 0. The lowest BCUT2D eigenvalue weighted by Gasteiger charge is -2.34. The van der Waals surface area contributed by atoms with Crippen molar-refractivity contribution in [3.63, 3.8) is 0 Å². The fourth-order valence-corrected chi connectivity index (χ4v) is 7.83. The van der Waals surface area contributed by atoms with Crippen molar-refractivity contribution >= 4 is 24.0 Å². The lowest BCUT2D eigenvalue weighted by molar-refractivity contribution is -0.150. The van der Waals surface area contributed by atoms with E-state index in [0.717, 1.165) is 52.9 Å². The van der Waals surface area contributed by atoms with Crippen molar-refractivity contribution < 1.29 is 33.8 Å². The highest BCUT2D eigenvalue weighted by molar-refractivity contribution is 5.88. The van der Waals surface area contributed by atoms with Crippen molar-refractivity contribution in [2.24, 2.45) is 5.73 Å². The number of hydrogen-bond acceptors (Lipinski definition) is 9. The Bertz CT molecular complexity index is 2230. The second kappa shape index (κ2) is 16.2. The van der Waals surface area contributed by atoms with Gasteiger partial charge in [0.25, 0.3) is 5.91 Å². The van der Waals surface area contributed by atoms with E-state index in [1.807, 2.05) is 48.5 Å². The quantitative estimate of drug-likeness (QED) is 0.106. The summed E-state index contributed by atoms with van der Waals surface area (Å²) in [5, 5.41) is 12.3. The predicted molar refractivity (Wildman–Crippen MR) is 210 cm³/mol. The molecule has 4 atom stereocenters. The molecule has 0 saturated carbocycles. The van der Waals surface area contributed by atoms with Gasteiger partial charge in [-0.25, -0.2) is 19.6 Å². The lowest BCUT2D eigenvalue weighted by atomic mass is 9.94. The second-order valence-corrected chi connectivity index (χ2v) is 14.7. The van der Waals surface area contributed by atoms with E-state index in [2.05, 4.69) is 30.0 Å². The summed E-state index contributed by atoms with van der Waals surface area (Å²) in [5.41, 5.74) is 10.2. The maximum Gasteiger partial charge on any atom is 0.407 e. The molecule has 296 valence electrons. The summed E-state index contributed by atoms with van der Waals surface area (Å²) < 4.78 is 10.1. The second-order valence-electron chi connectivity index (χ2n) is 14.7. The van der Waals surface area contributed by atoms with Crippen LogP contribution in [0.2, 0.25) is 0 Å². The van der Waals surface area contributed by atoms with Crippen LogP contribution in [-0.2, 0) is 25.5 Å². The van der Waals surface area contributed by atoms with Gasteiger partial charge in [0.05, 0.1) is 43.0 Å². The zero-order valence-corrected chi connectivity index (χ0v) is 32.0. The van der Waals surface area contributed by atoms with Gasteiger partial charge in [-0.1, -0.05) is 60.7 Å². The number of H-pyrrole nitrogens is 2. The van der Waals surface area contributed by atoms with E-state index in [1.54, 1.807) is 48.2 Å². The van der Waals surface area contributed by atoms with Crippen LogP contribution in [0.5, 0.6) is 5.75 Å². The van der Waals surface area contributed by atoms with Crippen molar-refractivity contribution in [2.75, 3.05) is 20.2 Å². The monoisotopic (exact) mass is 774 g/mol. The van der Waals surface area contributed by atoms with Gasteiger partial charge in [0, 0.05) is 19.5 Å². The third-order valence-corrected chi connectivity index (χ3v) is 10.7. The minimum absolute atomic E-state index is 0.0862. The number of ether oxygens (including phenoxy) is 2. The van der Waals surface area contributed by atoms with Crippen LogP contribution < -0.4 is 11.1 Å². The van der Waals surface area contributed by atoms with Gasteiger partial charge in [0.1, 0.15) is 23.4 Å². The van der Waals surface area contributed by atoms with Crippen LogP contribution >= 0.6 is 0 Å². The summed E-state index contributed by atoms with van der Waals surface area (Å²) in [6, 6.07) is 21.4. The number of primary amides is 1. The number of rotatable bonds is 11. The number of amides is 4. The molecule has 0 unspecified atom stereocenters. The van der Waals surface area contributed by atoms with Crippen molar-refractivity contribution in [1.29, 1.82) is 0 Å². The molecule has 2 aromatic heterocycles. The topological polar surface area (TPSA) is 209 Å². The molecule has 2 fully saturated rings. The first kappa shape index (κ1) is 38.6. The van der Waals surface area contributed by atoms with Crippen LogP contribution in [0.3, 0.4) is 0 Å². The number of methoxy groups -OCH3 is 1. The van der Waals surface area contributed by atoms with Crippen molar-refractivity contribution in [1.82, 2.24) is 35.1 Å². The number of aromatic nitrogens is 4. The van der Waals surface area contributed by atoms with Crippen LogP contribution in [-0.4, -0.2) is 90.7 Å². The molecule has 4 heterocycles. The average Bonchev–Trinajstić information content (AvgIpc) is 4.05. The van der Waals surface area contributed by atoms with Gasteiger partial charge in [-0.3, -0.25) is 9.59 Å². The Morgan fingerprint density at radius 2 is 1.32 bits per heavy atom. The van der Waals surface area contributed by atoms with Gasteiger partial charge in [0.15, 0.2) is 5.60 Å². The van der Waals surface area contributed by atoms with E-state index < -0.39 is 23.8 Å². The standard InChI is InChI=1S/C42H46N8O7/c1-25(46-41(55)56-3)38(52)49-20-4-6-34(49)36-44-23-32(47-36)29-14-10-27(11-15-29)28-12-16-30(17-13-28)33-24-45-37(48-33)35-7-5-21-50(35)39(53)42(2,57-40(43)54)22-26-8-18-31(51)19-9-26/h8-19,23-25,34-35,51H,4-7,20-22H2,1-3H3,(H2,43,54)(H,44,47)(H,45,48)(H,46,55)/t25-,34-,35-,42-/m0/s1. The van der Waals surface area contributed by atoms with Gasteiger partial charge in [-0.05, 0) is 79.5 Å². The van der Waals surface area contributed by atoms with E-state index >= 15 is 0 Å². The molecule has 57 heavy (non-hydrogen) atoms. The molecule has 15 nitrogen and oxygen atoms in total. The molecule has 0 radical (unpaired) electrons. The van der Waals surface area contributed by atoms with Gasteiger partial charge in [-0.2, -0.15) is 0 Å². The number of alkyl carbamates (subject to hydrolysis) is 1. The number of likely N-dealkylation sites (tertiary alicyclic amines) is 2. The Morgan fingerprint density at radius 1 is 0.825 bits per heavy atom. The zero-order chi connectivity index (χ0) is 40.3. The highest BCUT2D eigenvalue weighted by atomic mass is 16.6. The molecule has 7 rings (SSSR count). The average molecular weight is 775 g/mol. The van der Waals surface area contributed by atoms with Crippen LogP contribution in [0.15, 0.2) is 85.2 Å². The minimum atomic E-state index is -1.55. The first-order chi connectivity index (χ1) is 27.4. The Labute approximate surface area is 329 Å². The number of aromatic hydroxyl groups is 1. The summed E-state index contributed by atoms with van der Waals surface area (Å²) in [4.78, 5) is 70.3. The van der Waals surface area contributed by atoms with Crippen molar-refractivity contribution in [3.8, 4) is 39.4 Å². The number of carbonyl (C=O) groups is 4. The van der Waals surface area contributed by atoms with Crippen LogP contribution in [0, 0.1) is 0 Å². The zero-order valence-electron chi connectivity index (χ0n) is 32.0. The van der Waals surface area contributed by atoms with Crippen LogP contribution in [0.1, 0.15) is 68.8 Å². The molecule has 3 aromatic carbocycles. The molecule has 2 aliphatic rings. The highest BCUT2D eigenvalue weighted by Crippen LogP contribution is 2.36. The van der Waals surface area contributed by atoms with Crippen molar-refractivity contribution in [2.45, 2.75) is 69.7 Å². The van der Waals surface area contributed by atoms with Gasteiger partial charge < -0.3 is 45.4 Å². The number of hydrogen-bond donors (Lipinski definition) is 5. The van der Waals surface area contributed by atoms with Gasteiger partial charge in [-0.15, -0.1) is 0 Å². The molecule has 0 aliphatic carbocycles. The molecular weight excluding hydrogens is 729 g/mol. The number of nitrogens with two attached hydrogens (primary N) is 1. The molecular formula is C42H46N8O7. The number of aromatic amines is 2. The maximum atomic E-state index is 14.0.